The molecule has 0 aliphatic heterocycles. The highest BCUT2D eigenvalue weighted by Crippen LogP contribution is 2.19. The summed E-state index contributed by atoms with van der Waals surface area (Å²) in [4.78, 5) is 0. The normalized spacial score (nSPS) is 11.4. The van der Waals surface area contributed by atoms with Crippen molar-refractivity contribution in [3.05, 3.63) is 24.3 Å². The van der Waals surface area contributed by atoms with E-state index in [9.17, 15) is 8.42 Å². The molecule has 2 N–H and O–H groups in total. The van der Waals surface area contributed by atoms with Gasteiger partial charge in [0.1, 0.15) is 0 Å². The van der Waals surface area contributed by atoms with Crippen LogP contribution in [0, 0.1) is 0 Å². The SMILES string of the molecule is CCCCS(=O)(=O)Nc1cccc(-c2nn[nH]n2)c1. The molecule has 0 saturated carbocycles. The van der Waals surface area contributed by atoms with Gasteiger partial charge in [-0.25, -0.2) is 8.42 Å². The van der Waals surface area contributed by atoms with Crippen LogP contribution >= 0.6 is 0 Å². The highest BCUT2D eigenvalue weighted by atomic mass is 32.2. The largest absolute Gasteiger partial charge is 0.284 e. The molecule has 8 heteroatoms. The third-order valence-electron chi connectivity index (χ3n) is 2.51. The molecular weight excluding hydrogens is 266 g/mol. The van der Waals surface area contributed by atoms with Crippen molar-refractivity contribution in [2.24, 2.45) is 0 Å². The number of aromatic amines is 1. The van der Waals surface area contributed by atoms with E-state index in [1.807, 2.05) is 6.92 Å². The van der Waals surface area contributed by atoms with Crippen molar-refractivity contribution in [1.82, 2.24) is 20.6 Å². The molecule has 0 saturated heterocycles. The van der Waals surface area contributed by atoms with Crippen LogP contribution in [0.25, 0.3) is 11.4 Å². The Labute approximate surface area is 111 Å². The maximum absolute atomic E-state index is 11.8. The summed E-state index contributed by atoms with van der Waals surface area (Å²) >= 11 is 0. The molecule has 1 aromatic heterocycles. The molecule has 0 bridgehead atoms. The summed E-state index contributed by atoms with van der Waals surface area (Å²) < 4.78 is 26.1. The molecule has 1 aromatic carbocycles. The second kappa shape index (κ2) is 5.79. The molecule has 0 atom stereocenters. The number of aromatic nitrogens is 4. The van der Waals surface area contributed by atoms with Crippen molar-refractivity contribution in [3.8, 4) is 11.4 Å². The number of H-pyrrole nitrogens is 1. The first kappa shape index (κ1) is 13.5. The molecule has 2 rings (SSSR count). The minimum Gasteiger partial charge on any atom is -0.284 e. The summed E-state index contributed by atoms with van der Waals surface area (Å²) in [7, 11) is -3.30. The Morgan fingerprint density at radius 2 is 2.21 bits per heavy atom. The zero-order chi connectivity index (χ0) is 13.7. The number of anilines is 1. The lowest BCUT2D eigenvalue weighted by Gasteiger charge is -2.08. The maximum Gasteiger partial charge on any atom is 0.232 e. The standard InChI is InChI=1S/C11H15N5O2S/c1-2-3-7-19(17,18)14-10-6-4-5-9(8-10)11-12-15-16-13-11/h4-6,8,14H,2-3,7H2,1H3,(H,12,13,15,16). The van der Waals surface area contributed by atoms with E-state index in [0.717, 1.165) is 6.42 Å². The van der Waals surface area contributed by atoms with Crippen LogP contribution in [0.15, 0.2) is 24.3 Å². The number of unbranched alkanes of at least 4 members (excludes halogenated alkanes) is 1. The van der Waals surface area contributed by atoms with Gasteiger partial charge in [-0.15, -0.1) is 10.2 Å². The minimum absolute atomic E-state index is 0.121. The highest BCUT2D eigenvalue weighted by molar-refractivity contribution is 7.92. The lowest BCUT2D eigenvalue weighted by atomic mass is 10.2. The van der Waals surface area contributed by atoms with Gasteiger partial charge >= 0.3 is 0 Å². The number of tetrazole rings is 1. The lowest BCUT2D eigenvalue weighted by molar-refractivity contribution is 0.598. The molecule has 7 nitrogen and oxygen atoms in total. The van der Waals surface area contributed by atoms with Gasteiger partial charge in [-0.3, -0.25) is 4.72 Å². The van der Waals surface area contributed by atoms with Gasteiger partial charge in [-0.1, -0.05) is 25.5 Å². The molecule has 1 heterocycles. The Morgan fingerprint density at radius 1 is 1.37 bits per heavy atom. The van der Waals surface area contributed by atoms with Gasteiger partial charge in [0.2, 0.25) is 15.8 Å². The van der Waals surface area contributed by atoms with Crippen LogP contribution < -0.4 is 4.72 Å². The Balaban J connectivity index is 2.16. The van der Waals surface area contributed by atoms with Gasteiger partial charge < -0.3 is 0 Å². The Bertz CT molecular complexity index is 624. The van der Waals surface area contributed by atoms with Crippen molar-refractivity contribution < 1.29 is 8.42 Å². The zero-order valence-corrected chi connectivity index (χ0v) is 11.3. The van der Waals surface area contributed by atoms with Crippen molar-refractivity contribution in [2.45, 2.75) is 19.8 Å². The van der Waals surface area contributed by atoms with Crippen molar-refractivity contribution in [2.75, 3.05) is 10.5 Å². The molecule has 0 aliphatic carbocycles. The van der Waals surface area contributed by atoms with E-state index in [1.165, 1.54) is 0 Å². The Hall–Kier alpha value is -1.96. The molecule has 0 aliphatic rings. The fourth-order valence-corrected chi connectivity index (χ4v) is 2.83. The van der Waals surface area contributed by atoms with Gasteiger partial charge in [-0.2, -0.15) is 5.21 Å². The predicted molar refractivity (Wildman–Crippen MR) is 71.9 cm³/mol. The molecule has 0 amide bonds. The molecular formula is C11H15N5O2S. The highest BCUT2D eigenvalue weighted by Gasteiger charge is 2.10. The first-order valence-electron chi connectivity index (χ1n) is 5.95. The molecule has 19 heavy (non-hydrogen) atoms. The number of hydrogen-bond acceptors (Lipinski definition) is 5. The first-order valence-corrected chi connectivity index (χ1v) is 7.60. The number of hydrogen-bond donors (Lipinski definition) is 2. The van der Waals surface area contributed by atoms with E-state index in [4.69, 9.17) is 0 Å². The first-order chi connectivity index (χ1) is 9.11. The number of nitrogens with zero attached hydrogens (tertiary/aromatic N) is 3. The van der Waals surface area contributed by atoms with Crippen molar-refractivity contribution >= 4 is 15.7 Å². The van der Waals surface area contributed by atoms with Crippen LogP contribution in [0.2, 0.25) is 0 Å². The van der Waals surface area contributed by atoms with E-state index in [2.05, 4.69) is 25.3 Å². The molecule has 0 spiro atoms. The fraction of sp³-hybridized carbons (Fsp3) is 0.364. The van der Waals surface area contributed by atoms with Gasteiger partial charge in [0.05, 0.1) is 5.75 Å². The Kier molecular flexibility index (Phi) is 4.10. The maximum atomic E-state index is 11.8. The van der Waals surface area contributed by atoms with Gasteiger partial charge in [0.25, 0.3) is 0 Å². The number of sulfonamides is 1. The molecule has 102 valence electrons. The quantitative estimate of drug-likeness (QED) is 0.833. The topological polar surface area (TPSA) is 101 Å². The molecule has 0 unspecified atom stereocenters. The molecule has 0 radical (unpaired) electrons. The molecule has 2 aromatic rings. The third-order valence-corrected chi connectivity index (χ3v) is 3.88. The van der Waals surface area contributed by atoms with E-state index in [0.29, 0.717) is 23.5 Å². The van der Waals surface area contributed by atoms with E-state index >= 15 is 0 Å². The Morgan fingerprint density at radius 3 is 2.89 bits per heavy atom. The minimum atomic E-state index is -3.30. The smallest absolute Gasteiger partial charge is 0.232 e. The molecule has 0 fully saturated rings. The van der Waals surface area contributed by atoms with Crippen LogP contribution in [0.4, 0.5) is 5.69 Å². The van der Waals surface area contributed by atoms with Crippen molar-refractivity contribution in [1.29, 1.82) is 0 Å². The van der Waals surface area contributed by atoms with Gasteiger partial charge in [0.15, 0.2) is 0 Å². The fourth-order valence-electron chi connectivity index (χ4n) is 1.57. The summed E-state index contributed by atoms with van der Waals surface area (Å²) in [6, 6.07) is 6.89. The van der Waals surface area contributed by atoms with Gasteiger partial charge in [-0.05, 0) is 23.8 Å². The zero-order valence-electron chi connectivity index (χ0n) is 10.5. The third kappa shape index (κ3) is 3.75. The summed E-state index contributed by atoms with van der Waals surface area (Å²) in [5, 5.41) is 13.5. The van der Waals surface area contributed by atoms with Crippen LogP contribution in [-0.2, 0) is 10.0 Å². The summed E-state index contributed by atoms with van der Waals surface area (Å²) in [5.41, 5.74) is 1.20. The lowest BCUT2D eigenvalue weighted by Crippen LogP contribution is -2.16. The predicted octanol–water partition coefficient (Wildman–Crippen LogP) is 1.41. The van der Waals surface area contributed by atoms with Crippen LogP contribution in [0.1, 0.15) is 19.8 Å². The van der Waals surface area contributed by atoms with Crippen molar-refractivity contribution in [3.63, 3.8) is 0 Å². The van der Waals surface area contributed by atoms with Crippen LogP contribution in [0.3, 0.4) is 0 Å². The van der Waals surface area contributed by atoms with E-state index in [-0.39, 0.29) is 5.75 Å². The summed E-state index contributed by atoms with van der Waals surface area (Å²) in [6.45, 7) is 1.95. The number of benzene rings is 1. The van der Waals surface area contributed by atoms with Crippen LogP contribution in [0.5, 0.6) is 0 Å². The monoisotopic (exact) mass is 281 g/mol. The number of nitrogens with one attached hydrogen (secondary N) is 2. The average Bonchev–Trinajstić information content (AvgIpc) is 2.90. The van der Waals surface area contributed by atoms with Gasteiger partial charge in [0, 0.05) is 11.3 Å². The average molecular weight is 281 g/mol. The van der Waals surface area contributed by atoms with E-state index < -0.39 is 10.0 Å². The summed E-state index contributed by atoms with van der Waals surface area (Å²) in [5.74, 6) is 0.547. The van der Waals surface area contributed by atoms with Crippen LogP contribution in [-0.4, -0.2) is 34.8 Å². The summed E-state index contributed by atoms with van der Waals surface area (Å²) in [6.07, 6.45) is 1.48. The second-order valence-corrected chi connectivity index (χ2v) is 5.93. The number of rotatable bonds is 6. The van der Waals surface area contributed by atoms with E-state index in [1.54, 1.807) is 24.3 Å². The second-order valence-electron chi connectivity index (χ2n) is 4.09.